The fraction of sp³-hybridized carbons (Fsp3) is 0.368. The Morgan fingerprint density at radius 2 is 2.08 bits per heavy atom. The van der Waals surface area contributed by atoms with Crippen LogP contribution in [0.5, 0.6) is 0 Å². The molecule has 0 saturated heterocycles. The molecule has 0 spiro atoms. The van der Waals surface area contributed by atoms with Gasteiger partial charge in [-0.15, -0.1) is 0 Å². The second-order valence-electron chi connectivity index (χ2n) is 6.42. The largest absolute Gasteiger partial charge is 0.392 e. The van der Waals surface area contributed by atoms with Crippen LogP contribution in [0.25, 0.3) is 22.4 Å². The molecule has 0 saturated carbocycles. The summed E-state index contributed by atoms with van der Waals surface area (Å²) in [5.74, 6) is 0.785. The second-order valence-corrected chi connectivity index (χ2v) is 6.42. The molecule has 6 nitrogen and oxygen atoms in total. The fourth-order valence-corrected chi connectivity index (χ4v) is 3.20. The third-order valence-electron chi connectivity index (χ3n) is 4.41. The van der Waals surface area contributed by atoms with Crippen LogP contribution in [0.3, 0.4) is 0 Å². The molecular weight excluding hydrogens is 318 g/mol. The average Bonchev–Trinajstić information content (AvgIpc) is 2.97. The highest BCUT2D eigenvalue weighted by atomic mass is 16.5. The Labute approximate surface area is 146 Å². The Balaban J connectivity index is 2.30. The first-order chi connectivity index (χ1) is 12.0. The molecule has 6 heteroatoms. The van der Waals surface area contributed by atoms with E-state index in [-0.39, 0.29) is 18.2 Å². The first-order valence-electron chi connectivity index (χ1n) is 8.24. The summed E-state index contributed by atoms with van der Waals surface area (Å²) in [5.41, 5.74) is 4.16. The summed E-state index contributed by atoms with van der Waals surface area (Å²) in [7, 11) is 3.42. The molecule has 0 bridgehead atoms. The molecule has 25 heavy (non-hydrogen) atoms. The van der Waals surface area contributed by atoms with Gasteiger partial charge in [0.1, 0.15) is 5.82 Å². The lowest BCUT2D eigenvalue weighted by atomic mass is 10.2. The number of pyridine rings is 1. The lowest BCUT2D eigenvalue weighted by Gasteiger charge is -2.17. The third-order valence-corrected chi connectivity index (χ3v) is 4.41. The number of hydrogen-bond donors (Lipinski definition) is 1. The van der Waals surface area contributed by atoms with E-state index in [1.54, 1.807) is 31.8 Å². The van der Waals surface area contributed by atoms with E-state index >= 15 is 0 Å². The highest BCUT2D eigenvalue weighted by molar-refractivity contribution is 5.81. The van der Waals surface area contributed by atoms with Crippen molar-refractivity contribution in [3.05, 3.63) is 51.9 Å². The molecule has 1 atom stereocenters. The maximum Gasteiger partial charge on any atom is 0.253 e. The van der Waals surface area contributed by atoms with Crippen LogP contribution in [-0.4, -0.2) is 32.9 Å². The first kappa shape index (κ1) is 17.4. The standard InChI is InChI=1S/C19H23N3O3/c1-12-7-15(9-21(3)19(12)24)18-20-16-6-5-14(10-23)8-17(16)22(18)13(2)11-25-4/h5-9,13,23H,10-11H2,1-4H3/t13-/m0/s1. The Morgan fingerprint density at radius 3 is 2.72 bits per heavy atom. The van der Waals surface area contributed by atoms with Crippen molar-refractivity contribution in [1.29, 1.82) is 0 Å². The van der Waals surface area contributed by atoms with Gasteiger partial charge in [0.15, 0.2) is 0 Å². The lowest BCUT2D eigenvalue weighted by Crippen LogP contribution is -2.19. The molecular formula is C19H23N3O3. The summed E-state index contributed by atoms with van der Waals surface area (Å²) in [6.07, 6.45) is 1.81. The second kappa shape index (κ2) is 6.82. The third kappa shape index (κ3) is 3.10. The topological polar surface area (TPSA) is 69.3 Å². The van der Waals surface area contributed by atoms with Gasteiger partial charge < -0.3 is 19.0 Å². The van der Waals surface area contributed by atoms with Crippen molar-refractivity contribution in [2.24, 2.45) is 7.05 Å². The zero-order valence-corrected chi connectivity index (χ0v) is 15.0. The molecule has 2 heterocycles. The predicted molar refractivity (Wildman–Crippen MR) is 97.7 cm³/mol. The molecule has 2 aromatic heterocycles. The number of aliphatic hydroxyl groups is 1. The van der Waals surface area contributed by atoms with Gasteiger partial charge in [0.25, 0.3) is 5.56 Å². The van der Waals surface area contributed by atoms with E-state index in [0.717, 1.165) is 28.0 Å². The van der Waals surface area contributed by atoms with E-state index in [1.165, 1.54) is 0 Å². The summed E-state index contributed by atoms with van der Waals surface area (Å²) < 4.78 is 9.02. The highest BCUT2D eigenvalue weighted by Gasteiger charge is 2.18. The van der Waals surface area contributed by atoms with Crippen LogP contribution >= 0.6 is 0 Å². The summed E-state index contributed by atoms with van der Waals surface area (Å²) >= 11 is 0. The van der Waals surface area contributed by atoms with Crippen molar-refractivity contribution in [2.75, 3.05) is 13.7 Å². The highest BCUT2D eigenvalue weighted by Crippen LogP contribution is 2.29. The van der Waals surface area contributed by atoms with Gasteiger partial charge in [0.05, 0.1) is 30.3 Å². The van der Waals surface area contributed by atoms with Gasteiger partial charge in [0.2, 0.25) is 0 Å². The number of hydrogen-bond acceptors (Lipinski definition) is 4. The minimum atomic E-state index is -0.0198. The minimum absolute atomic E-state index is 0.0149. The number of nitrogens with zero attached hydrogens (tertiary/aromatic N) is 3. The minimum Gasteiger partial charge on any atom is -0.392 e. The van der Waals surface area contributed by atoms with Crippen LogP contribution < -0.4 is 5.56 Å². The van der Waals surface area contributed by atoms with E-state index in [4.69, 9.17) is 9.72 Å². The van der Waals surface area contributed by atoms with Crippen LogP contribution in [0.15, 0.2) is 35.3 Å². The lowest BCUT2D eigenvalue weighted by molar-refractivity contribution is 0.164. The molecule has 0 unspecified atom stereocenters. The molecule has 3 aromatic rings. The normalized spacial score (nSPS) is 12.7. The quantitative estimate of drug-likeness (QED) is 0.774. The van der Waals surface area contributed by atoms with Crippen molar-refractivity contribution in [1.82, 2.24) is 14.1 Å². The summed E-state index contributed by atoms with van der Waals surface area (Å²) in [4.78, 5) is 16.8. The van der Waals surface area contributed by atoms with Crippen molar-refractivity contribution in [3.63, 3.8) is 0 Å². The molecule has 0 aliphatic rings. The number of methoxy groups -OCH3 is 1. The zero-order valence-electron chi connectivity index (χ0n) is 15.0. The molecule has 1 N–H and O–H groups in total. The first-order valence-corrected chi connectivity index (χ1v) is 8.24. The van der Waals surface area contributed by atoms with Crippen LogP contribution in [0.2, 0.25) is 0 Å². The van der Waals surface area contributed by atoms with Crippen LogP contribution in [0, 0.1) is 6.92 Å². The van der Waals surface area contributed by atoms with Crippen molar-refractivity contribution >= 4 is 11.0 Å². The summed E-state index contributed by atoms with van der Waals surface area (Å²) in [6.45, 7) is 4.39. The SMILES string of the molecule is COC[C@H](C)n1c(-c2cc(C)c(=O)n(C)c2)nc2ccc(CO)cc21. The van der Waals surface area contributed by atoms with Gasteiger partial charge in [-0.05, 0) is 37.6 Å². The summed E-state index contributed by atoms with van der Waals surface area (Å²) in [5, 5.41) is 9.46. The van der Waals surface area contributed by atoms with Crippen LogP contribution in [-0.2, 0) is 18.4 Å². The smallest absolute Gasteiger partial charge is 0.253 e. The fourth-order valence-electron chi connectivity index (χ4n) is 3.20. The Hall–Kier alpha value is -2.44. The number of aliphatic hydroxyl groups excluding tert-OH is 1. The number of benzene rings is 1. The molecule has 0 aliphatic carbocycles. The molecule has 3 rings (SSSR count). The van der Waals surface area contributed by atoms with E-state index in [9.17, 15) is 9.90 Å². The maximum absolute atomic E-state index is 12.0. The van der Waals surface area contributed by atoms with Crippen molar-refractivity contribution < 1.29 is 9.84 Å². The van der Waals surface area contributed by atoms with Crippen LogP contribution in [0.4, 0.5) is 0 Å². The van der Waals surface area contributed by atoms with E-state index in [2.05, 4.69) is 11.5 Å². The van der Waals surface area contributed by atoms with E-state index < -0.39 is 0 Å². The maximum atomic E-state index is 12.0. The molecule has 0 radical (unpaired) electrons. The molecule has 1 aromatic carbocycles. The Morgan fingerprint density at radius 1 is 1.32 bits per heavy atom. The number of rotatable bonds is 5. The van der Waals surface area contributed by atoms with E-state index in [0.29, 0.717) is 12.2 Å². The Kier molecular flexibility index (Phi) is 4.74. The number of fused-ring (bicyclic) bond motifs is 1. The van der Waals surface area contributed by atoms with Gasteiger partial charge in [-0.1, -0.05) is 6.07 Å². The molecule has 0 fully saturated rings. The summed E-state index contributed by atoms with van der Waals surface area (Å²) in [6, 6.07) is 7.65. The Bertz CT molecular complexity index is 946. The average molecular weight is 341 g/mol. The predicted octanol–water partition coefficient (Wildman–Crippen LogP) is 2.41. The monoisotopic (exact) mass is 341 g/mol. The zero-order chi connectivity index (χ0) is 18.1. The number of aryl methyl sites for hydroxylation is 2. The molecule has 0 aliphatic heterocycles. The van der Waals surface area contributed by atoms with Gasteiger partial charge in [0, 0.05) is 31.5 Å². The van der Waals surface area contributed by atoms with Gasteiger partial charge in [-0.25, -0.2) is 4.98 Å². The van der Waals surface area contributed by atoms with Crippen LogP contribution in [0.1, 0.15) is 24.1 Å². The van der Waals surface area contributed by atoms with Gasteiger partial charge >= 0.3 is 0 Å². The number of aromatic nitrogens is 3. The van der Waals surface area contributed by atoms with Gasteiger partial charge in [-0.3, -0.25) is 4.79 Å². The number of ether oxygens (including phenoxy) is 1. The van der Waals surface area contributed by atoms with Crippen molar-refractivity contribution in [3.8, 4) is 11.4 Å². The van der Waals surface area contributed by atoms with Crippen molar-refractivity contribution in [2.45, 2.75) is 26.5 Å². The van der Waals surface area contributed by atoms with Gasteiger partial charge in [-0.2, -0.15) is 0 Å². The van der Waals surface area contributed by atoms with E-state index in [1.807, 2.05) is 24.3 Å². The number of imidazole rings is 1. The molecule has 132 valence electrons. The molecule has 0 amide bonds.